The van der Waals surface area contributed by atoms with Gasteiger partial charge >= 0.3 is 25.7 Å². The van der Waals surface area contributed by atoms with Crippen LogP contribution in [-0.4, -0.2) is 66.5 Å². The first-order valence-electron chi connectivity index (χ1n) is 33.5. The molecular weight excluding hydrogens is 1050 g/mol. The van der Waals surface area contributed by atoms with Crippen LogP contribution in [-0.2, 0) is 42.2 Å². The fourth-order valence-corrected chi connectivity index (χ4v) is 10.0. The number of phosphoric acid groups is 1. The van der Waals surface area contributed by atoms with E-state index in [9.17, 15) is 28.9 Å². The molecular formula is C70H123O11P. The van der Waals surface area contributed by atoms with Crippen molar-refractivity contribution < 1.29 is 52.2 Å². The fraction of sp³-hybridized carbons (Fsp3) is 0.757. The lowest BCUT2D eigenvalue weighted by Crippen LogP contribution is -2.30. The summed E-state index contributed by atoms with van der Waals surface area (Å²) in [5, 5.41) is 9.87. The number of aliphatic hydroxyl groups excluding tert-OH is 1. The van der Waals surface area contributed by atoms with Crippen molar-refractivity contribution in [2.24, 2.45) is 0 Å². The molecule has 3 atom stereocenters. The molecule has 0 radical (unpaired) electrons. The Kier molecular flexibility index (Phi) is 61.1. The molecule has 0 aliphatic carbocycles. The minimum atomic E-state index is -4.77. The average Bonchev–Trinajstić information content (AvgIpc) is 3.47. The maximum Gasteiger partial charge on any atom is 0.472 e. The predicted molar refractivity (Wildman–Crippen MR) is 344 cm³/mol. The minimum absolute atomic E-state index is 0.161. The topological polar surface area (TPSA) is 155 Å². The third-order valence-electron chi connectivity index (χ3n) is 14.3. The van der Waals surface area contributed by atoms with Gasteiger partial charge in [-0.3, -0.25) is 23.4 Å². The van der Waals surface area contributed by atoms with Crippen LogP contribution in [0.25, 0.3) is 0 Å². The van der Waals surface area contributed by atoms with Crippen LogP contribution in [0, 0.1) is 0 Å². The van der Waals surface area contributed by atoms with Crippen molar-refractivity contribution in [1.82, 2.24) is 0 Å². The number of esters is 3. The van der Waals surface area contributed by atoms with Crippen LogP contribution in [0.1, 0.15) is 303 Å². The van der Waals surface area contributed by atoms with E-state index in [1.54, 1.807) is 0 Å². The standard InChI is InChI=1S/C70H123O11P/c1-4-7-10-13-16-19-22-25-28-31-33-36-38-41-44-47-50-53-56-59-68(72)77-63-67(81-70(74)61-58-55-52-49-46-43-40-37-34-32-29-26-23-20-17-14-11-8-5-2)65-79-82(75,76)78-64-66(62-71)80-69(73)60-57-54-51-48-45-42-39-35-30-27-24-21-18-15-12-9-6-3/h7,10,16,18-19,21,25,27-28,30,33,36,41,44,66-67,71H,4-6,8-9,11-15,17,20,22-24,26,29,31-32,34-35,37-40,42-43,45-65H2,1-3H3,(H,75,76)/b10-7-,19-16-,21-18-,28-25-,30-27-,36-33-,44-41-. The van der Waals surface area contributed by atoms with Gasteiger partial charge in [-0.05, 0) is 96.3 Å². The molecule has 12 heteroatoms. The van der Waals surface area contributed by atoms with E-state index >= 15 is 0 Å². The lowest BCUT2D eigenvalue weighted by atomic mass is 10.0. The van der Waals surface area contributed by atoms with Gasteiger partial charge in [-0.1, -0.05) is 273 Å². The summed E-state index contributed by atoms with van der Waals surface area (Å²) in [6.45, 7) is 4.52. The minimum Gasteiger partial charge on any atom is -0.462 e. The van der Waals surface area contributed by atoms with Crippen LogP contribution in [0.5, 0.6) is 0 Å². The number of carbonyl (C=O) groups is 3. The van der Waals surface area contributed by atoms with Crippen molar-refractivity contribution >= 4 is 25.7 Å². The molecule has 0 saturated heterocycles. The summed E-state index contributed by atoms with van der Waals surface area (Å²) in [5.74, 6) is -1.50. The van der Waals surface area contributed by atoms with Gasteiger partial charge in [0.1, 0.15) is 12.7 Å². The second-order valence-corrected chi connectivity index (χ2v) is 23.7. The maximum atomic E-state index is 13.0. The number of rotatable bonds is 62. The van der Waals surface area contributed by atoms with Crippen LogP contribution in [0.15, 0.2) is 85.1 Å². The van der Waals surface area contributed by atoms with Gasteiger partial charge in [-0.25, -0.2) is 4.57 Å². The van der Waals surface area contributed by atoms with E-state index in [0.29, 0.717) is 19.3 Å². The highest BCUT2D eigenvalue weighted by Gasteiger charge is 2.28. The van der Waals surface area contributed by atoms with Crippen molar-refractivity contribution in [2.45, 2.75) is 315 Å². The Morgan fingerprint density at radius 1 is 0.354 bits per heavy atom. The number of hydrogen-bond donors (Lipinski definition) is 2. The molecule has 0 spiro atoms. The number of carbonyl (C=O) groups excluding carboxylic acids is 3. The predicted octanol–water partition coefficient (Wildman–Crippen LogP) is 20.6. The first-order valence-corrected chi connectivity index (χ1v) is 35.0. The van der Waals surface area contributed by atoms with Gasteiger partial charge in [0.25, 0.3) is 0 Å². The molecule has 2 N–H and O–H groups in total. The molecule has 0 aromatic rings. The molecule has 0 bridgehead atoms. The van der Waals surface area contributed by atoms with Crippen molar-refractivity contribution in [3.63, 3.8) is 0 Å². The number of aliphatic hydroxyl groups is 1. The highest BCUT2D eigenvalue weighted by atomic mass is 31.2. The van der Waals surface area contributed by atoms with Gasteiger partial charge < -0.3 is 24.2 Å². The van der Waals surface area contributed by atoms with Gasteiger partial charge in [0.05, 0.1) is 19.8 Å². The maximum absolute atomic E-state index is 13.0. The van der Waals surface area contributed by atoms with Crippen LogP contribution in [0.4, 0.5) is 0 Å². The van der Waals surface area contributed by atoms with Gasteiger partial charge in [0.15, 0.2) is 6.10 Å². The van der Waals surface area contributed by atoms with Crippen LogP contribution in [0.2, 0.25) is 0 Å². The smallest absolute Gasteiger partial charge is 0.462 e. The zero-order valence-electron chi connectivity index (χ0n) is 52.7. The highest BCUT2D eigenvalue weighted by Crippen LogP contribution is 2.43. The number of hydrogen-bond acceptors (Lipinski definition) is 10. The Morgan fingerprint density at radius 2 is 0.634 bits per heavy atom. The summed E-state index contributed by atoms with van der Waals surface area (Å²) in [7, 11) is -4.77. The van der Waals surface area contributed by atoms with Crippen LogP contribution < -0.4 is 0 Å². The molecule has 0 amide bonds. The summed E-state index contributed by atoms with van der Waals surface area (Å²) in [5.41, 5.74) is 0. The number of allylic oxidation sites excluding steroid dienone is 14. The van der Waals surface area contributed by atoms with E-state index in [1.165, 1.54) is 135 Å². The molecule has 0 saturated carbocycles. The van der Waals surface area contributed by atoms with Crippen molar-refractivity contribution in [3.05, 3.63) is 85.1 Å². The first-order chi connectivity index (χ1) is 40.2. The molecule has 11 nitrogen and oxygen atoms in total. The Bertz CT molecular complexity index is 1700. The van der Waals surface area contributed by atoms with E-state index in [4.69, 9.17) is 23.3 Å². The van der Waals surface area contributed by atoms with E-state index in [0.717, 1.165) is 109 Å². The van der Waals surface area contributed by atoms with E-state index < -0.39 is 57.8 Å². The normalized spacial score (nSPS) is 13.8. The van der Waals surface area contributed by atoms with Gasteiger partial charge in [-0.15, -0.1) is 0 Å². The molecule has 0 heterocycles. The third kappa shape index (κ3) is 61.2. The Hall–Kier alpha value is -3.34. The highest BCUT2D eigenvalue weighted by molar-refractivity contribution is 7.47. The fourth-order valence-electron chi connectivity index (χ4n) is 9.24. The third-order valence-corrected chi connectivity index (χ3v) is 15.3. The summed E-state index contributed by atoms with van der Waals surface area (Å²) >= 11 is 0. The average molecular weight is 1170 g/mol. The van der Waals surface area contributed by atoms with Gasteiger partial charge in [0.2, 0.25) is 0 Å². The number of unbranched alkanes of at least 4 members (excludes halogenated alkanes) is 31. The van der Waals surface area contributed by atoms with E-state index in [-0.39, 0.29) is 25.9 Å². The molecule has 474 valence electrons. The summed E-state index contributed by atoms with van der Waals surface area (Å²) < 4.78 is 39.7. The van der Waals surface area contributed by atoms with Crippen LogP contribution >= 0.6 is 7.82 Å². The lowest BCUT2D eigenvalue weighted by Gasteiger charge is -2.21. The second-order valence-electron chi connectivity index (χ2n) is 22.3. The first kappa shape index (κ1) is 78.7. The summed E-state index contributed by atoms with van der Waals surface area (Å²) in [6.07, 6.45) is 75.3. The summed E-state index contributed by atoms with van der Waals surface area (Å²) in [6, 6.07) is 0. The zero-order chi connectivity index (χ0) is 59.8. The number of phosphoric ester groups is 1. The van der Waals surface area contributed by atoms with E-state index in [2.05, 4.69) is 106 Å². The van der Waals surface area contributed by atoms with Gasteiger partial charge in [-0.2, -0.15) is 0 Å². The monoisotopic (exact) mass is 1170 g/mol. The van der Waals surface area contributed by atoms with Gasteiger partial charge in [0, 0.05) is 19.3 Å². The second kappa shape index (κ2) is 63.7. The molecule has 0 rings (SSSR count). The summed E-state index contributed by atoms with van der Waals surface area (Å²) in [4.78, 5) is 48.8. The Morgan fingerprint density at radius 3 is 1.01 bits per heavy atom. The molecule has 0 aliphatic rings. The molecule has 82 heavy (non-hydrogen) atoms. The quantitative estimate of drug-likeness (QED) is 0.0197. The molecule has 0 aromatic carbocycles. The molecule has 3 unspecified atom stereocenters. The Balaban J connectivity index is 4.74. The lowest BCUT2D eigenvalue weighted by molar-refractivity contribution is -0.161. The molecule has 0 aromatic heterocycles. The SMILES string of the molecule is CC/C=C\C/C=C\C/C=C\C/C=C\C/C=C\CCCCCC(=O)OCC(COP(=O)(O)OCC(CO)OC(=O)CCCCCCCCC/C=C\C/C=C\CCCCC)OC(=O)CCCCCCCCCCCCCCCCCCCCC. The number of ether oxygens (including phenoxy) is 3. The van der Waals surface area contributed by atoms with Crippen molar-refractivity contribution in [3.8, 4) is 0 Å². The molecule has 0 fully saturated rings. The van der Waals surface area contributed by atoms with Crippen LogP contribution in [0.3, 0.4) is 0 Å². The van der Waals surface area contributed by atoms with Crippen molar-refractivity contribution in [2.75, 3.05) is 26.4 Å². The largest absolute Gasteiger partial charge is 0.472 e. The zero-order valence-corrected chi connectivity index (χ0v) is 53.6. The van der Waals surface area contributed by atoms with Crippen molar-refractivity contribution in [1.29, 1.82) is 0 Å². The molecule has 0 aliphatic heterocycles. The Labute approximate surface area is 502 Å². The van der Waals surface area contributed by atoms with E-state index in [1.807, 2.05) is 0 Å².